The average molecular weight is 308 g/mol. The molecule has 1 amide bonds. The van der Waals surface area contributed by atoms with Crippen molar-refractivity contribution < 1.29 is 22.7 Å². The van der Waals surface area contributed by atoms with E-state index in [1.807, 2.05) is 0 Å². The predicted octanol–water partition coefficient (Wildman–Crippen LogP) is 2.29. The number of carbonyl (C=O) groups is 1. The molecule has 0 saturated heterocycles. The van der Waals surface area contributed by atoms with Gasteiger partial charge in [-0.05, 0) is 12.1 Å². The molecule has 1 aromatic heterocycles. The lowest BCUT2D eigenvalue weighted by Crippen LogP contribution is -2.31. The van der Waals surface area contributed by atoms with Crippen LogP contribution in [0.2, 0.25) is 0 Å². The van der Waals surface area contributed by atoms with Crippen molar-refractivity contribution in [3.05, 3.63) is 59.0 Å². The zero-order valence-electron chi connectivity index (χ0n) is 11.3. The normalized spacial score (nSPS) is 16.0. The van der Waals surface area contributed by atoms with Gasteiger partial charge in [0.2, 0.25) is 11.8 Å². The minimum atomic E-state index is -1.09. The fourth-order valence-electron chi connectivity index (χ4n) is 2.31. The van der Waals surface area contributed by atoms with Gasteiger partial charge in [-0.1, -0.05) is 0 Å². The van der Waals surface area contributed by atoms with Gasteiger partial charge < -0.3 is 10.1 Å². The van der Waals surface area contributed by atoms with E-state index in [0.717, 1.165) is 0 Å². The number of aromatic nitrogens is 1. The third kappa shape index (κ3) is 2.74. The van der Waals surface area contributed by atoms with Crippen LogP contribution in [0, 0.1) is 17.5 Å². The van der Waals surface area contributed by atoms with Crippen molar-refractivity contribution in [2.75, 3.05) is 6.61 Å². The highest BCUT2D eigenvalue weighted by Gasteiger charge is 2.27. The summed E-state index contributed by atoms with van der Waals surface area (Å²) in [6.07, 6.45) is 1.04. The van der Waals surface area contributed by atoms with Gasteiger partial charge in [0.15, 0.2) is 0 Å². The van der Waals surface area contributed by atoms with Crippen LogP contribution in [0.4, 0.5) is 13.2 Å². The molecule has 1 aliphatic rings. The number of pyridine rings is 1. The Morgan fingerprint density at radius 1 is 1.32 bits per heavy atom. The van der Waals surface area contributed by atoms with E-state index in [-0.39, 0.29) is 6.61 Å². The van der Waals surface area contributed by atoms with Gasteiger partial charge >= 0.3 is 0 Å². The zero-order chi connectivity index (χ0) is 15.7. The van der Waals surface area contributed by atoms with E-state index in [2.05, 4.69) is 10.3 Å². The van der Waals surface area contributed by atoms with E-state index in [1.54, 1.807) is 18.3 Å². The molecule has 2 heterocycles. The highest BCUT2D eigenvalue weighted by molar-refractivity contribution is 5.79. The number of fused-ring (bicyclic) bond motifs is 1. The van der Waals surface area contributed by atoms with Crippen molar-refractivity contribution in [1.82, 2.24) is 10.3 Å². The topological polar surface area (TPSA) is 51.2 Å². The van der Waals surface area contributed by atoms with Crippen LogP contribution in [0.3, 0.4) is 0 Å². The molecule has 7 heteroatoms. The van der Waals surface area contributed by atoms with Gasteiger partial charge in [0, 0.05) is 29.5 Å². The van der Waals surface area contributed by atoms with Crippen molar-refractivity contribution >= 4 is 5.91 Å². The van der Waals surface area contributed by atoms with Crippen molar-refractivity contribution in [2.24, 2.45) is 0 Å². The highest BCUT2D eigenvalue weighted by Crippen LogP contribution is 2.29. The van der Waals surface area contributed by atoms with Gasteiger partial charge in [-0.2, -0.15) is 0 Å². The van der Waals surface area contributed by atoms with Crippen molar-refractivity contribution in [2.45, 2.75) is 12.5 Å². The maximum absolute atomic E-state index is 13.5. The summed E-state index contributed by atoms with van der Waals surface area (Å²) in [5.41, 5.74) is 0.236. The molecule has 1 unspecified atom stereocenters. The molecule has 1 atom stereocenters. The van der Waals surface area contributed by atoms with E-state index in [4.69, 9.17) is 4.74 Å². The van der Waals surface area contributed by atoms with Gasteiger partial charge in [-0.25, -0.2) is 18.2 Å². The number of amides is 1. The summed E-state index contributed by atoms with van der Waals surface area (Å²) in [7, 11) is 0. The second kappa shape index (κ2) is 5.67. The first kappa shape index (κ1) is 14.4. The quantitative estimate of drug-likeness (QED) is 0.946. The van der Waals surface area contributed by atoms with Crippen LogP contribution in [-0.2, 0) is 11.2 Å². The molecule has 3 rings (SSSR count). The molecule has 2 aromatic rings. The van der Waals surface area contributed by atoms with Crippen LogP contribution < -0.4 is 10.1 Å². The Bertz CT molecular complexity index is 713. The SMILES string of the molecule is O=C(Cc1c(F)cc(F)cc1F)NC1COc2ncccc21. The van der Waals surface area contributed by atoms with Crippen LogP contribution in [-0.4, -0.2) is 17.5 Å². The molecule has 1 aromatic carbocycles. The molecule has 1 aliphatic heterocycles. The van der Waals surface area contributed by atoms with Crippen LogP contribution in [0.15, 0.2) is 30.5 Å². The first-order chi connectivity index (χ1) is 10.5. The van der Waals surface area contributed by atoms with E-state index < -0.39 is 41.4 Å². The third-order valence-corrected chi connectivity index (χ3v) is 3.34. The largest absolute Gasteiger partial charge is 0.475 e. The van der Waals surface area contributed by atoms with Crippen molar-refractivity contribution in [3.63, 3.8) is 0 Å². The molecule has 0 aliphatic carbocycles. The van der Waals surface area contributed by atoms with Gasteiger partial charge in [0.25, 0.3) is 0 Å². The van der Waals surface area contributed by atoms with Crippen LogP contribution in [0.5, 0.6) is 5.88 Å². The third-order valence-electron chi connectivity index (χ3n) is 3.34. The lowest BCUT2D eigenvalue weighted by Gasteiger charge is -2.12. The van der Waals surface area contributed by atoms with Gasteiger partial charge in [0.1, 0.15) is 24.1 Å². The van der Waals surface area contributed by atoms with E-state index in [9.17, 15) is 18.0 Å². The molecule has 4 nitrogen and oxygen atoms in total. The fraction of sp³-hybridized carbons (Fsp3) is 0.200. The maximum atomic E-state index is 13.5. The second-order valence-corrected chi connectivity index (χ2v) is 4.85. The Morgan fingerprint density at radius 3 is 2.77 bits per heavy atom. The highest BCUT2D eigenvalue weighted by atomic mass is 19.1. The summed E-state index contributed by atoms with van der Waals surface area (Å²) in [5, 5.41) is 2.62. The molecule has 1 N–H and O–H groups in total. The molecule has 0 bridgehead atoms. The maximum Gasteiger partial charge on any atom is 0.225 e. The van der Waals surface area contributed by atoms with Gasteiger partial charge in [-0.15, -0.1) is 0 Å². The molecular weight excluding hydrogens is 297 g/mol. The van der Waals surface area contributed by atoms with Crippen LogP contribution >= 0.6 is 0 Å². The standard InChI is InChI=1S/C15H11F3N2O2/c16-8-4-11(17)10(12(18)5-8)6-14(21)20-13-7-22-15-9(13)2-1-3-19-15/h1-5,13H,6-7H2,(H,20,21). The van der Waals surface area contributed by atoms with Gasteiger partial charge in [-0.3, -0.25) is 4.79 Å². The van der Waals surface area contributed by atoms with Crippen molar-refractivity contribution in [3.8, 4) is 5.88 Å². The van der Waals surface area contributed by atoms with E-state index in [1.165, 1.54) is 0 Å². The summed E-state index contributed by atoms with van der Waals surface area (Å²) in [6.45, 7) is 0.201. The molecule has 0 spiro atoms. The Labute approximate surface area is 123 Å². The lowest BCUT2D eigenvalue weighted by atomic mass is 10.1. The summed E-state index contributed by atoms with van der Waals surface area (Å²) >= 11 is 0. The van der Waals surface area contributed by atoms with Gasteiger partial charge in [0.05, 0.1) is 12.5 Å². The minimum Gasteiger partial charge on any atom is -0.475 e. The van der Waals surface area contributed by atoms with E-state index >= 15 is 0 Å². The number of benzene rings is 1. The number of rotatable bonds is 3. The molecule has 0 fully saturated rings. The summed E-state index contributed by atoms with van der Waals surface area (Å²) < 4.78 is 45.2. The lowest BCUT2D eigenvalue weighted by molar-refractivity contribution is -0.121. The fourth-order valence-corrected chi connectivity index (χ4v) is 2.31. The van der Waals surface area contributed by atoms with Crippen LogP contribution in [0.25, 0.3) is 0 Å². The smallest absolute Gasteiger partial charge is 0.225 e. The summed E-state index contributed by atoms with van der Waals surface area (Å²) in [4.78, 5) is 16.0. The summed E-state index contributed by atoms with van der Waals surface area (Å²) in [5.74, 6) is -3.36. The molecule has 114 valence electrons. The van der Waals surface area contributed by atoms with E-state index in [0.29, 0.717) is 23.6 Å². The minimum absolute atomic E-state index is 0.201. The second-order valence-electron chi connectivity index (χ2n) is 4.85. The Kier molecular flexibility index (Phi) is 3.70. The molecular formula is C15H11F3N2O2. The number of halogens is 3. The van der Waals surface area contributed by atoms with Crippen molar-refractivity contribution in [1.29, 1.82) is 0 Å². The number of hydrogen-bond donors (Lipinski definition) is 1. The number of nitrogens with one attached hydrogen (secondary N) is 1. The Hall–Kier alpha value is -2.57. The average Bonchev–Trinajstić information content (AvgIpc) is 2.86. The molecule has 22 heavy (non-hydrogen) atoms. The molecule has 0 saturated carbocycles. The first-order valence-electron chi connectivity index (χ1n) is 6.55. The number of hydrogen-bond acceptors (Lipinski definition) is 3. The Morgan fingerprint density at radius 2 is 2.05 bits per heavy atom. The predicted molar refractivity (Wildman–Crippen MR) is 70.6 cm³/mol. The summed E-state index contributed by atoms with van der Waals surface area (Å²) in [6, 6.07) is 4.11. The molecule has 0 radical (unpaired) electrons. The number of carbonyl (C=O) groups excluding carboxylic acids is 1. The zero-order valence-corrected chi connectivity index (χ0v) is 11.3. The first-order valence-corrected chi connectivity index (χ1v) is 6.55. The monoisotopic (exact) mass is 308 g/mol. The number of nitrogens with zero attached hydrogens (tertiary/aromatic N) is 1. The number of ether oxygens (including phenoxy) is 1. The van der Waals surface area contributed by atoms with Crippen LogP contribution in [0.1, 0.15) is 17.2 Å². The Balaban J connectivity index is 1.72.